The van der Waals surface area contributed by atoms with Gasteiger partial charge in [-0.3, -0.25) is 4.90 Å². The predicted molar refractivity (Wildman–Crippen MR) is 121 cm³/mol. The van der Waals surface area contributed by atoms with E-state index in [4.69, 9.17) is 0 Å². The van der Waals surface area contributed by atoms with Crippen LogP contribution in [0.1, 0.15) is 17.2 Å². The summed E-state index contributed by atoms with van der Waals surface area (Å²) in [5.41, 5.74) is 3.37. The van der Waals surface area contributed by atoms with E-state index in [0.717, 1.165) is 23.2 Å². The number of amides is 2. The van der Waals surface area contributed by atoms with E-state index < -0.39 is 0 Å². The van der Waals surface area contributed by atoms with E-state index in [1.54, 1.807) is 0 Å². The van der Waals surface area contributed by atoms with Crippen LogP contribution in [0.5, 0.6) is 0 Å². The fourth-order valence-corrected chi connectivity index (χ4v) is 4.24. The monoisotopic (exact) mass is 449 g/mol. The predicted octanol–water partition coefficient (Wildman–Crippen LogP) is 5.39. The van der Waals surface area contributed by atoms with Crippen molar-refractivity contribution >= 4 is 27.6 Å². The number of benzene rings is 3. The van der Waals surface area contributed by atoms with Gasteiger partial charge in [0.2, 0.25) is 0 Å². The average molecular weight is 450 g/mol. The number of nitrogens with zero attached hydrogens (tertiary/aromatic N) is 2. The van der Waals surface area contributed by atoms with E-state index >= 15 is 0 Å². The molecule has 0 radical (unpaired) electrons. The highest BCUT2D eigenvalue weighted by Gasteiger charge is 2.28. The van der Waals surface area contributed by atoms with Crippen molar-refractivity contribution in [1.29, 1.82) is 0 Å². The van der Waals surface area contributed by atoms with Crippen LogP contribution in [0.25, 0.3) is 0 Å². The first-order valence-electron chi connectivity index (χ1n) is 9.86. The zero-order valence-corrected chi connectivity index (χ0v) is 17.8. The van der Waals surface area contributed by atoms with Gasteiger partial charge in [0.15, 0.2) is 0 Å². The molecule has 29 heavy (non-hydrogen) atoms. The van der Waals surface area contributed by atoms with E-state index in [0.29, 0.717) is 13.1 Å². The van der Waals surface area contributed by atoms with Crippen LogP contribution >= 0.6 is 15.9 Å². The Morgan fingerprint density at radius 1 is 0.793 bits per heavy atom. The second-order valence-electron chi connectivity index (χ2n) is 7.19. The molecule has 1 fully saturated rings. The zero-order chi connectivity index (χ0) is 20.1. The van der Waals surface area contributed by atoms with E-state index in [-0.39, 0.29) is 12.1 Å². The Morgan fingerprint density at radius 2 is 1.38 bits per heavy atom. The second-order valence-corrected chi connectivity index (χ2v) is 8.10. The summed E-state index contributed by atoms with van der Waals surface area (Å²) >= 11 is 3.44. The summed E-state index contributed by atoms with van der Waals surface area (Å²) in [5.74, 6) is 0. The molecule has 0 atom stereocenters. The summed E-state index contributed by atoms with van der Waals surface area (Å²) in [7, 11) is 0. The lowest BCUT2D eigenvalue weighted by Crippen LogP contribution is -2.51. The van der Waals surface area contributed by atoms with E-state index in [9.17, 15) is 4.79 Å². The van der Waals surface area contributed by atoms with Gasteiger partial charge >= 0.3 is 6.03 Å². The normalized spacial score (nSPS) is 14.8. The summed E-state index contributed by atoms with van der Waals surface area (Å²) in [5, 5.41) is 3.00. The van der Waals surface area contributed by atoms with Crippen LogP contribution in [-0.2, 0) is 0 Å². The minimum absolute atomic E-state index is 0.0428. The Bertz CT molecular complexity index is 901. The van der Waals surface area contributed by atoms with Crippen molar-refractivity contribution in [2.75, 3.05) is 31.5 Å². The fraction of sp³-hybridized carbons (Fsp3) is 0.208. The van der Waals surface area contributed by atoms with Crippen molar-refractivity contribution in [3.8, 4) is 0 Å². The van der Waals surface area contributed by atoms with Gasteiger partial charge in [-0.2, -0.15) is 0 Å². The molecule has 0 aromatic heterocycles. The highest BCUT2D eigenvalue weighted by atomic mass is 79.9. The van der Waals surface area contributed by atoms with Crippen LogP contribution in [0.2, 0.25) is 0 Å². The lowest BCUT2D eigenvalue weighted by Gasteiger charge is -2.39. The fourth-order valence-electron chi connectivity index (χ4n) is 3.84. The summed E-state index contributed by atoms with van der Waals surface area (Å²) in [4.78, 5) is 17.0. The largest absolute Gasteiger partial charge is 0.322 e. The molecule has 5 heteroatoms. The number of hydrogen-bond acceptors (Lipinski definition) is 2. The lowest BCUT2D eigenvalue weighted by atomic mass is 9.96. The molecule has 4 rings (SSSR count). The summed E-state index contributed by atoms with van der Waals surface area (Å²) < 4.78 is 0.952. The smallest absolute Gasteiger partial charge is 0.321 e. The first-order chi connectivity index (χ1) is 14.2. The van der Waals surface area contributed by atoms with E-state index in [1.807, 2.05) is 29.2 Å². The van der Waals surface area contributed by atoms with Gasteiger partial charge in [0.05, 0.1) is 6.04 Å². The zero-order valence-electron chi connectivity index (χ0n) is 16.2. The lowest BCUT2D eigenvalue weighted by molar-refractivity contribution is 0.126. The first kappa shape index (κ1) is 19.7. The third-order valence-corrected chi connectivity index (χ3v) is 5.77. The molecule has 1 aliphatic heterocycles. The van der Waals surface area contributed by atoms with Crippen molar-refractivity contribution in [3.63, 3.8) is 0 Å². The molecule has 0 unspecified atom stereocenters. The van der Waals surface area contributed by atoms with Crippen LogP contribution < -0.4 is 5.32 Å². The van der Waals surface area contributed by atoms with Crippen molar-refractivity contribution < 1.29 is 4.79 Å². The molecule has 0 aliphatic carbocycles. The maximum absolute atomic E-state index is 12.7. The van der Waals surface area contributed by atoms with Gasteiger partial charge in [0, 0.05) is 36.3 Å². The Labute approximate surface area is 180 Å². The molecular formula is C24H24BrN3O. The standard InChI is InChI=1S/C24H24BrN3O/c25-21-12-7-13-22(18-21)26-24(29)28-16-14-27(15-17-28)23(19-8-3-1-4-9-19)20-10-5-2-6-11-20/h1-13,18,23H,14-17H2,(H,26,29). The number of piperazine rings is 1. The van der Waals surface area contributed by atoms with Crippen molar-refractivity contribution in [3.05, 3.63) is 101 Å². The molecule has 0 spiro atoms. The first-order valence-corrected chi connectivity index (χ1v) is 10.7. The Hall–Kier alpha value is -2.63. The molecule has 1 saturated heterocycles. The number of hydrogen-bond donors (Lipinski definition) is 1. The Kier molecular flexibility index (Phi) is 6.27. The minimum atomic E-state index is -0.0428. The number of nitrogens with one attached hydrogen (secondary N) is 1. The third kappa shape index (κ3) is 4.86. The van der Waals surface area contributed by atoms with Crippen molar-refractivity contribution in [2.24, 2.45) is 0 Å². The van der Waals surface area contributed by atoms with Gasteiger partial charge in [0.25, 0.3) is 0 Å². The van der Waals surface area contributed by atoms with E-state index in [1.165, 1.54) is 11.1 Å². The topological polar surface area (TPSA) is 35.6 Å². The van der Waals surface area contributed by atoms with Crippen molar-refractivity contribution in [1.82, 2.24) is 9.80 Å². The minimum Gasteiger partial charge on any atom is -0.322 e. The molecule has 4 nitrogen and oxygen atoms in total. The van der Waals surface area contributed by atoms with Gasteiger partial charge in [-0.05, 0) is 29.3 Å². The number of carbonyl (C=O) groups is 1. The van der Waals surface area contributed by atoms with Gasteiger partial charge in [-0.25, -0.2) is 4.79 Å². The number of urea groups is 1. The van der Waals surface area contributed by atoms with Crippen LogP contribution in [0.15, 0.2) is 89.4 Å². The van der Waals surface area contributed by atoms with Gasteiger partial charge in [-0.1, -0.05) is 82.7 Å². The van der Waals surface area contributed by atoms with Gasteiger partial charge in [0.1, 0.15) is 0 Å². The van der Waals surface area contributed by atoms with E-state index in [2.05, 4.69) is 86.8 Å². The van der Waals surface area contributed by atoms with Crippen molar-refractivity contribution in [2.45, 2.75) is 6.04 Å². The molecule has 2 amide bonds. The van der Waals surface area contributed by atoms with Gasteiger partial charge in [-0.15, -0.1) is 0 Å². The molecule has 1 aliphatic rings. The summed E-state index contributed by atoms with van der Waals surface area (Å²) in [6, 6.07) is 29.0. The average Bonchev–Trinajstić information content (AvgIpc) is 2.76. The molecule has 0 bridgehead atoms. The molecular weight excluding hydrogens is 426 g/mol. The number of anilines is 1. The Morgan fingerprint density at radius 3 is 1.93 bits per heavy atom. The SMILES string of the molecule is O=C(Nc1cccc(Br)c1)N1CCN(C(c2ccccc2)c2ccccc2)CC1. The maximum atomic E-state index is 12.7. The quantitative estimate of drug-likeness (QED) is 0.579. The highest BCUT2D eigenvalue weighted by molar-refractivity contribution is 9.10. The molecule has 0 saturated carbocycles. The third-order valence-electron chi connectivity index (χ3n) is 5.27. The summed E-state index contributed by atoms with van der Waals surface area (Å²) in [6.45, 7) is 3.08. The second kappa shape index (κ2) is 9.25. The summed E-state index contributed by atoms with van der Waals surface area (Å²) in [6.07, 6.45) is 0. The maximum Gasteiger partial charge on any atom is 0.321 e. The Balaban J connectivity index is 1.45. The number of carbonyl (C=O) groups excluding carboxylic acids is 1. The molecule has 3 aromatic rings. The van der Waals surface area contributed by atoms with Crippen LogP contribution in [0.4, 0.5) is 10.5 Å². The molecule has 1 heterocycles. The number of halogens is 1. The molecule has 148 valence electrons. The van der Waals surface area contributed by atoms with Crippen LogP contribution in [0, 0.1) is 0 Å². The molecule has 3 aromatic carbocycles. The van der Waals surface area contributed by atoms with Crippen LogP contribution in [0.3, 0.4) is 0 Å². The number of rotatable bonds is 4. The molecule has 1 N–H and O–H groups in total. The van der Waals surface area contributed by atoms with Crippen LogP contribution in [-0.4, -0.2) is 42.0 Å². The van der Waals surface area contributed by atoms with Gasteiger partial charge < -0.3 is 10.2 Å². The highest BCUT2D eigenvalue weighted by Crippen LogP contribution is 2.29.